The Morgan fingerprint density at radius 1 is 1.36 bits per heavy atom. The van der Waals surface area contributed by atoms with Crippen LogP contribution in [0.25, 0.3) is 11.3 Å². The summed E-state index contributed by atoms with van der Waals surface area (Å²) in [7, 11) is 0. The lowest BCUT2D eigenvalue weighted by atomic mass is 9.73. The maximum Gasteiger partial charge on any atom is 0.292 e. The predicted octanol–water partition coefficient (Wildman–Crippen LogP) is 1.52. The van der Waals surface area contributed by atoms with Crippen LogP contribution in [0.15, 0.2) is 40.0 Å². The van der Waals surface area contributed by atoms with Crippen LogP contribution in [0.4, 0.5) is 6.01 Å². The van der Waals surface area contributed by atoms with Gasteiger partial charge < -0.3 is 15.5 Å². The third kappa shape index (κ3) is 1.23. The number of carbonyl (C=O) groups is 2. The number of benzene rings is 1. The number of carbonyl (C=O) groups excluding carboxylic acids is 2. The molecule has 1 aromatic heterocycles. The van der Waals surface area contributed by atoms with Gasteiger partial charge in [0.25, 0.3) is 6.01 Å². The Morgan fingerprint density at radius 2 is 2.09 bits per heavy atom. The van der Waals surface area contributed by atoms with Crippen LogP contribution in [0, 0.1) is 0 Å². The molecule has 0 unspecified atom stereocenters. The molecule has 1 aliphatic heterocycles. The molecule has 6 heteroatoms. The SMILES string of the molecule is CC(=O)C1=C(C)NC(=O)[C@@]12c1ccccc1-c1oc(N)nc12. The van der Waals surface area contributed by atoms with Gasteiger partial charge in [0.2, 0.25) is 5.91 Å². The molecule has 1 spiro atoms. The minimum Gasteiger partial charge on any atom is -0.423 e. The molecule has 0 radical (unpaired) electrons. The van der Waals surface area contributed by atoms with E-state index in [9.17, 15) is 9.59 Å². The van der Waals surface area contributed by atoms with Crippen molar-refractivity contribution >= 4 is 17.7 Å². The summed E-state index contributed by atoms with van der Waals surface area (Å²) in [6.45, 7) is 3.17. The number of nitrogens with zero attached hydrogens (tertiary/aromatic N) is 1. The number of allylic oxidation sites excluding steroid dienone is 1. The zero-order chi connectivity index (χ0) is 15.6. The summed E-state index contributed by atoms with van der Waals surface area (Å²) < 4.78 is 5.50. The van der Waals surface area contributed by atoms with Crippen molar-refractivity contribution in [2.45, 2.75) is 19.3 Å². The van der Waals surface area contributed by atoms with Crippen LogP contribution in [0.2, 0.25) is 0 Å². The number of nitrogen functional groups attached to an aromatic ring is 1. The van der Waals surface area contributed by atoms with Gasteiger partial charge in [-0.15, -0.1) is 0 Å². The van der Waals surface area contributed by atoms with Gasteiger partial charge in [-0.05, 0) is 19.4 Å². The number of aromatic nitrogens is 1. The molecule has 3 N–H and O–H groups in total. The first-order chi connectivity index (χ1) is 10.5. The smallest absolute Gasteiger partial charge is 0.292 e. The number of oxazole rings is 1. The van der Waals surface area contributed by atoms with E-state index in [1.807, 2.05) is 24.3 Å². The molecule has 2 heterocycles. The Hall–Kier alpha value is -2.89. The lowest BCUT2D eigenvalue weighted by Crippen LogP contribution is -2.40. The van der Waals surface area contributed by atoms with E-state index in [2.05, 4.69) is 10.3 Å². The van der Waals surface area contributed by atoms with E-state index in [4.69, 9.17) is 10.2 Å². The quantitative estimate of drug-likeness (QED) is 0.831. The molecule has 2 aromatic rings. The van der Waals surface area contributed by atoms with Crippen LogP contribution < -0.4 is 11.1 Å². The molecular weight excluding hydrogens is 282 g/mol. The van der Waals surface area contributed by atoms with Crippen LogP contribution in [-0.2, 0) is 15.0 Å². The molecular formula is C16H13N3O3. The van der Waals surface area contributed by atoms with Crippen molar-refractivity contribution in [2.24, 2.45) is 0 Å². The van der Waals surface area contributed by atoms with E-state index in [1.165, 1.54) is 6.92 Å². The first-order valence-corrected chi connectivity index (χ1v) is 6.88. The van der Waals surface area contributed by atoms with Crippen molar-refractivity contribution in [3.8, 4) is 11.3 Å². The molecule has 0 saturated carbocycles. The molecule has 1 amide bonds. The molecule has 6 nitrogen and oxygen atoms in total. The third-order valence-corrected chi connectivity index (χ3v) is 4.32. The molecule has 0 fully saturated rings. The van der Waals surface area contributed by atoms with Crippen LogP contribution in [0.1, 0.15) is 25.1 Å². The highest BCUT2D eigenvalue weighted by atomic mass is 16.4. The second-order valence-corrected chi connectivity index (χ2v) is 5.54. The minimum atomic E-state index is -1.26. The van der Waals surface area contributed by atoms with E-state index in [-0.39, 0.29) is 17.7 Å². The van der Waals surface area contributed by atoms with Gasteiger partial charge in [-0.2, -0.15) is 4.98 Å². The van der Waals surface area contributed by atoms with Gasteiger partial charge in [-0.3, -0.25) is 9.59 Å². The fourth-order valence-electron chi connectivity index (χ4n) is 3.64. The predicted molar refractivity (Wildman–Crippen MR) is 78.7 cm³/mol. The fraction of sp³-hybridized carbons (Fsp3) is 0.188. The van der Waals surface area contributed by atoms with Gasteiger partial charge in [-0.25, -0.2) is 0 Å². The first-order valence-electron chi connectivity index (χ1n) is 6.88. The van der Waals surface area contributed by atoms with Gasteiger partial charge in [0.1, 0.15) is 5.69 Å². The second kappa shape index (κ2) is 3.85. The maximum atomic E-state index is 12.8. The van der Waals surface area contributed by atoms with Gasteiger partial charge >= 0.3 is 0 Å². The van der Waals surface area contributed by atoms with E-state index < -0.39 is 5.41 Å². The van der Waals surface area contributed by atoms with Crippen molar-refractivity contribution < 1.29 is 14.0 Å². The number of anilines is 1. The van der Waals surface area contributed by atoms with Crippen LogP contribution in [-0.4, -0.2) is 16.7 Å². The highest BCUT2D eigenvalue weighted by molar-refractivity contribution is 6.15. The van der Waals surface area contributed by atoms with E-state index in [1.54, 1.807) is 6.92 Å². The largest absolute Gasteiger partial charge is 0.423 e. The summed E-state index contributed by atoms with van der Waals surface area (Å²) >= 11 is 0. The Labute approximate surface area is 126 Å². The molecule has 2 aliphatic rings. The highest BCUT2D eigenvalue weighted by Gasteiger charge is 2.60. The van der Waals surface area contributed by atoms with Gasteiger partial charge in [0.15, 0.2) is 17.0 Å². The number of nitrogens with one attached hydrogen (secondary N) is 1. The summed E-state index contributed by atoms with van der Waals surface area (Å²) in [6.07, 6.45) is 0. The summed E-state index contributed by atoms with van der Waals surface area (Å²) in [6, 6.07) is 7.32. The van der Waals surface area contributed by atoms with Gasteiger partial charge in [-0.1, -0.05) is 24.3 Å². The second-order valence-electron chi connectivity index (χ2n) is 5.54. The molecule has 4 rings (SSSR count). The number of nitrogens with two attached hydrogens (primary N) is 1. The summed E-state index contributed by atoms with van der Waals surface area (Å²) in [4.78, 5) is 29.3. The summed E-state index contributed by atoms with van der Waals surface area (Å²) in [5, 5.41) is 2.77. The third-order valence-electron chi connectivity index (χ3n) is 4.32. The number of hydrogen-bond acceptors (Lipinski definition) is 5. The molecule has 0 bridgehead atoms. The van der Waals surface area contributed by atoms with Gasteiger partial charge in [0, 0.05) is 16.8 Å². The molecule has 110 valence electrons. The van der Waals surface area contributed by atoms with E-state index >= 15 is 0 Å². The molecule has 1 aromatic carbocycles. The Bertz CT molecular complexity index is 894. The van der Waals surface area contributed by atoms with Crippen molar-refractivity contribution in [1.82, 2.24) is 10.3 Å². The van der Waals surface area contributed by atoms with Crippen LogP contribution in [0.3, 0.4) is 0 Å². The van der Waals surface area contributed by atoms with Crippen molar-refractivity contribution in [3.63, 3.8) is 0 Å². The van der Waals surface area contributed by atoms with Crippen molar-refractivity contribution in [1.29, 1.82) is 0 Å². The molecule has 1 atom stereocenters. The number of fused-ring (bicyclic) bond motifs is 5. The zero-order valence-electron chi connectivity index (χ0n) is 12.1. The standard InChI is InChI=1S/C16H13N3O3/c1-7-11(8(2)20)16(14(21)18-7)10-6-4-3-5-9(10)12-13(16)19-15(17)22-12/h3-6H,1-2H3,(H2,17,19)(H,18,21)/t16-/m0/s1. The van der Waals surface area contributed by atoms with Crippen molar-refractivity contribution in [2.75, 3.05) is 5.73 Å². The van der Waals surface area contributed by atoms with Crippen LogP contribution >= 0.6 is 0 Å². The molecule has 22 heavy (non-hydrogen) atoms. The monoisotopic (exact) mass is 295 g/mol. The topological polar surface area (TPSA) is 98.2 Å². The first kappa shape index (κ1) is 12.8. The number of amides is 1. The average Bonchev–Trinajstić information content (AvgIpc) is 3.04. The maximum absolute atomic E-state index is 12.8. The molecule has 0 saturated heterocycles. The highest BCUT2D eigenvalue weighted by Crippen LogP contribution is 2.55. The fourth-order valence-corrected chi connectivity index (χ4v) is 3.64. The van der Waals surface area contributed by atoms with E-state index in [0.29, 0.717) is 28.3 Å². The van der Waals surface area contributed by atoms with Gasteiger partial charge in [0.05, 0.1) is 0 Å². The lowest BCUT2D eigenvalue weighted by Gasteiger charge is -2.24. The van der Waals surface area contributed by atoms with Crippen LogP contribution in [0.5, 0.6) is 0 Å². The zero-order valence-corrected chi connectivity index (χ0v) is 12.1. The summed E-state index contributed by atoms with van der Waals surface area (Å²) in [5.41, 5.74) is 7.21. The Balaban J connectivity index is 2.18. The summed E-state index contributed by atoms with van der Waals surface area (Å²) in [5.74, 6) is -0.0218. The Morgan fingerprint density at radius 3 is 2.82 bits per heavy atom. The number of Topliss-reactive ketones (excluding diaryl/α,β-unsaturated/α-hetero) is 1. The lowest BCUT2D eigenvalue weighted by molar-refractivity contribution is -0.124. The average molecular weight is 295 g/mol. The number of hydrogen-bond donors (Lipinski definition) is 2. The number of rotatable bonds is 1. The number of ketones is 1. The van der Waals surface area contributed by atoms with Crippen molar-refractivity contribution in [3.05, 3.63) is 46.8 Å². The van der Waals surface area contributed by atoms with E-state index in [0.717, 1.165) is 5.56 Å². The molecule has 1 aliphatic carbocycles. The Kier molecular flexibility index (Phi) is 2.24. The normalized spacial score (nSPS) is 22.0. The minimum absolute atomic E-state index is 0.0147.